The Balaban J connectivity index is 2.13. The van der Waals surface area contributed by atoms with Crippen LogP contribution in [0.25, 0.3) is 0 Å². The van der Waals surface area contributed by atoms with E-state index in [0.717, 1.165) is 19.3 Å². The summed E-state index contributed by atoms with van der Waals surface area (Å²) >= 11 is 12.2. The molecule has 0 bridgehead atoms. The first-order valence-electron chi connectivity index (χ1n) is 7.31. The van der Waals surface area contributed by atoms with Gasteiger partial charge in [-0.2, -0.15) is 0 Å². The largest absolute Gasteiger partial charge is 0.467 e. The Morgan fingerprint density at radius 1 is 1.18 bits per heavy atom. The zero-order valence-corrected chi connectivity index (χ0v) is 14.0. The summed E-state index contributed by atoms with van der Waals surface area (Å²) < 4.78 is 4.89. The number of amides is 1. The van der Waals surface area contributed by atoms with E-state index in [9.17, 15) is 9.59 Å². The van der Waals surface area contributed by atoms with Crippen molar-refractivity contribution in [1.29, 1.82) is 0 Å². The van der Waals surface area contributed by atoms with Gasteiger partial charge in [0, 0.05) is 10.0 Å². The number of rotatable bonds is 4. The van der Waals surface area contributed by atoms with Gasteiger partial charge in [0.05, 0.1) is 13.5 Å². The summed E-state index contributed by atoms with van der Waals surface area (Å²) in [6.07, 6.45) is 4.08. The summed E-state index contributed by atoms with van der Waals surface area (Å²) in [5, 5.41) is 3.74. The number of carbonyl (C=O) groups excluding carboxylic acids is 2. The van der Waals surface area contributed by atoms with Gasteiger partial charge in [0.25, 0.3) is 0 Å². The number of nitrogens with one attached hydrogen (secondary N) is 1. The van der Waals surface area contributed by atoms with Gasteiger partial charge in [-0.1, -0.05) is 48.5 Å². The molecule has 1 aliphatic carbocycles. The predicted octanol–water partition coefficient (Wildman–Crippen LogP) is 3.53. The van der Waals surface area contributed by atoms with Crippen molar-refractivity contribution < 1.29 is 14.3 Å². The van der Waals surface area contributed by atoms with Crippen LogP contribution in [-0.2, 0) is 20.7 Å². The van der Waals surface area contributed by atoms with Gasteiger partial charge >= 0.3 is 5.97 Å². The molecular formula is C16H19Cl2NO3. The second kappa shape index (κ2) is 7.34. The lowest BCUT2D eigenvalue weighted by Crippen LogP contribution is -2.56. The minimum absolute atomic E-state index is 0.0389. The number of halogens is 2. The van der Waals surface area contributed by atoms with Crippen LogP contribution < -0.4 is 5.32 Å². The Labute approximate surface area is 140 Å². The number of benzene rings is 1. The van der Waals surface area contributed by atoms with Gasteiger partial charge < -0.3 is 10.1 Å². The van der Waals surface area contributed by atoms with E-state index in [0.29, 0.717) is 28.5 Å². The Bertz CT molecular complexity index is 548. The molecule has 4 nitrogen and oxygen atoms in total. The summed E-state index contributed by atoms with van der Waals surface area (Å²) in [5.74, 6) is -0.659. The summed E-state index contributed by atoms with van der Waals surface area (Å²) in [7, 11) is 1.34. The van der Waals surface area contributed by atoms with Crippen molar-refractivity contribution >= 4 is 35.1 Å². The Hall–Kier alpha value is -1.26. The van der Waals surface area contributed by atoms with Gasteiger partial charge in [0.15, 0.2) is 0 Å². The molecule has 0 aliphatic heterocycles. The van der Waals surface area contributed by atoms with Crippen LogP contribution in [0, 0.1) is 0 Å². The van der Waals surface area contributed by atoms with E-state index >= 15 is 0 Å². The Kier molecular flexibility index (Phi) is 5.70. The lowest BCUT2D eigenvalue weighted by molar-refractivity contribution is -0.152. The van der Waals surface area contributed by atoms with Gasteiger partial charge in [0.1, 0.15) is 5.54 Å². The summed E-state index contributed by atoms with van der Waals surface area (Å²) in [5.41, 5.74) is -0.350. The third-order valence-corrected chi connectivity index (χ3v) is 4.77. The maximum atomic E-state index is 12.4. The molecule has 2 rings (SSSR count). The van der Waals surface area contributed by atoms with Crippen LogP contribution in [0.1, 0.15) is 37.7 Å². The molecule has 1 aromatic carbocycles. The molecule has 1 saturated carbocycles. The molecule has 1 fully saturated rings. The summed E-state index contributed by atoms with van der Waals surface area (Å²) in [4.78, 5) is 24.5. The fourth-order valence-electron chi connectivity index (χ4n) is 2.90. The number of hydrogen-bond acceptors (Lipinski definition) is 3. The highest BCUT2D eigenvalue weighted by molar-refractivity contribution is 6.36. The molecule has 120 valence electrons. The van der Waals surface area contributed by atoms with Crippen molar-refractivity contribution in [1.82, 2.24) is 5.32 Å². The Morgan fingerprint density at radius 2 is 1.77 bits per heavy atom. The molecule has 0 unspecified atom stereocenters. The van der Waals surface area contributed by atoms with E-state index in [1.807, 2.05) is 0 Å². The second-order valence-electron chi connectivity index (χ2n) is 5.56. The monoisotopic (exact) mass is 343 g/mol. The molecule has 1 amide bonds. The fourth-order valence-corrected chi connectivity index (χ4v) is 3.43. The van der Waals surface area contributed by atoms with Gasteiger partial charge in [-0.3, -0.25) is 4.79 Å². The summed E-state index contributed by atoms with van der Waals surface area (Å²) in [6.45, 7) is 0. The molecule has 0 radical (unpaired) electrons. The van der Waals surface area contributed by atoms with Crippen molar-refractivity contribution in [2.45, 2.75) is 44.1 Å². The van der Waals surface area contributed by atoms with Crippen LogP contribution in [-0.4, -0.2) is 24.5 Å². The summed E-state index contributed by atoms with van der Waals surface area (Å²) in [6, 6.07) is 5.10. The maximum Gasteiger partial charge on any atom is 0.331 e. The first kappa shape index (κ1) is 17.1. The zero-order chi connectivity index (χ0) is 16.2. The van der Waals surface area contributed by atoms with Crippen molar-refractivity contribution in [2.75, 3.05) is 7.11 Å². The lowest BCUT2D eigenvalue weighted by atomic mass is 9.81. The first-order chi connectivity index (χ1) is 10.5. The quantitative estimate of drug-likeness (QED) is 0.850. The minimum atomic E-state index is -0.919. The van der Waals surface area contributed by atoms with Crippen LogP contribution in [0.4, 0.5) is 0 Å². The van der Waals surface area contributed by atoms with Crippen LogP contribution in [0.2, 0.25) is 10.0 Å². The molecule has 0 saturated heterocycles. The third-order valence-electron chi connectivity index (χ3n) is 4.06. The van der Waals surface area contributed by atoms with E-state index in [4.69, 9.17) is 27.9 Å². The molecule has 0 atom stereocenters. The molecule has 1 aromatic rings. The number of ether oxygens (including phenoxy) is 1. The average molecular weight is 344 g/mol. The van der Waals surface area contributed by atoms with E-state index in [1.54, 1.807) is 18.2 Å². The van der Waals surface area contributed by atoms with E-state index in [1.165, 1.54) is 7.11 Å². The number of methoxy groups -OCH3 is 1. The normalized spacial score (nSPS) is 16.9. The number of carbonyl (C=O) groups is 2. The van der Waals surface area contributed by atoms with E-state index in [2.05, 4.69) is 5.32 Å². The SMILES string of the molecule is COC(=O)C1(NC(=O)Cc2c(Cl)cccc2Cl)CCCCC1. The van der Waals surface area contributed by atoms with Crippen molar-refractivity contribution in [3.63, 3.8) is 0 Å². The minimum Gasteiger partial charge on any atom is -0.467 e. The smallest absolute Gasteiger partial charge is 0.331 e. The van der Waals surface area contributed by atoms with E-state index in [-0.39, 0.29) is 18.3 Å². The molecule has 0 spiro atoms. The highest BCUT2D eigenvalue weighted by atomic mass is 35.5. The zero-order valence-electron chi connectivity index (χ0n) is 12.5. The van der Waals surface area contributed by atoms with Crippen LogP contribution in [0.5, 0.6) is 0 Å². The molecule has 1 aliphatic rings. The van der Waals surface area contributed by atoms with Crippen LogP contribution in [0.3, 0.4) is 0 Å². The first-order valence-corrected chi connectivity index (χ1v) is 8.06. The van der Waals surface area contributed by atoms with Gasteiger partial charge in [-0.05, 0) is 30.5 Å². The average Bonchev–Trinajstić information content (AvgIpc) is 2.51. The standard InChI is InChI=1S/C16H19Cl2NO3/c1-22-15(21)16(8-3-2-4-9-16)19-14(20)10-11-12(17)6-5-7-13(11)18/h5-7H,2-4,8-10H2,1H3,(H,19,20). The second-order valence-corrected chi connectivity index (χ2v) is 6.37. The molecule has 1 N–H and O–H groups in total. The van der Waals surface area contributed by atoms with Crippen molar-refractivity contribution in [3.05, 3.63) is 33.8 Å². The van der Waals surface area contributed by atoms with Gasteiger partial charge in [-0.25, -0.2) is 4.79 Å². The van der Waals surface area contributed by atoms with Gasteiger partial charge in [0.2, 0.25) is 5.91 Å². The van der Waals surface area contributed by atoms with Crippen molar-refractivity contribution in [2.24, 2.45) is 0 Å². The molecule has 0 aromatic heterocycles. The van der Waals surface area contributed by atoms with Crippen LogP contribution in [0.15, 0.2) is 18.2 Å². The molecular weight excluding hydrogens is 325 g/mol. The topological polar surface area (TPSA) is 55.4 Å². The molecule has 22 heavy (non-hydrogen) atoms. The highest BCUT2D eigenvalue weighted by Crippen LogP contribution is 2.30. The van der Waals surface area contributed by atoms with E-state index < -0.39 is 5.54 Å². The predicted molar refractivity (Wildman–Crippen MR) is 86.1 cm³/mol. The lowest BCUT2D eigenvalue weighted by Gasteiger charge is -2.35. The number of esters is 1. The molecule has 6 heteroatoms. The van der Waals surface area contributed by atoms with Crippen molar-refractivity contribution in [3.8, 4) is 0 Å². The maximum absolute atomic E-state index is 12.4. The Morgan fingerprint density at radius 3 is 2.32 bits per heavy atom. The van der Waals surface area contributed by atoms with Gasteiger partial charge in [-0.15, -0.1) is 0 Å². The molecule has 0 heterocycles. The van der Waals surface area contributed by atoms with Crippen LogP contribution >= 0.6 is 23.2 Å². The third kappa shape index (κ3) is 3.73. The highest BCUT2D eigenvalue weighted by Gasteiger charge is 2.41. The number of hydrogen-bond donors (Lipinski definition) is 1. The fraction of sp³-hybridized carbons (Fsp3) is 0.500.